The minimum atomic E-state index is -0.273. The monoisotopic (exact) mass is 331 g/mol. The third kappa shape index (κ3) is 3.23. The highest BCUT2D eigenvalue weighted by molar-refractivity contribution is 5.80. The Labute approximate surface area is 143 Å². The van der Waals surface area contributed by atoms with E-state index >= 15 is 0 Å². The summed E-state index contributed by atoms with van der Waals surface area (Å²) in [5, 5.41) is 10.3. The van der Waals surface area contributed by atoms with Gasteiger partial charge >= 0.3 is 0 Å². The third-order valence-electron chi connectivity index (χ3n) is 3.75. The SMILES string of the molecule is Fc1ccc(Nc2cc(-c3cn[nH]c3-c3ccccn3)ccn2)cc1. The van der Waals surface area contributed by atoms with E-state index in [0.717, 1.165) is 28.2 Å². The summed E-state index contributed by atoms with van der Waals surface area (Å²) < 4.78 is 13.0. The van der Waals surface area contributed by atoms with Gasteiger partial charge < -0.3 is 5.32 Å². The molecule has 4 rings (SSSR count). The van der Waals surface area contributed by atoms with Crippen LogP contribution in [0, 0.1) is 5.82 Å². The highest BCUT2D eigenvalue weighted by Crippen LogP contribution is 2.30. The summed E-state index contributed by atoms with van der Waals surface area (Å²) in [6.45, 7) is 0. The van der Waals surface area contributed by atoms with Crippen molar-refractivity contribution in [3.05, 3.63) is 79.0 Å². The number of anilines is 2. The fourth-order valence-electron chi connectivity index (χ4n) is 2.56. The van der Waals surface area contributed by atoms with Gasteiger partial charge in [-0.15, -0.1) is 0 Å². The fourth-order valence-corrected chi connectivity index (χ4v) is 2.56. The van der Waals surface area contributed by atoms with Crippen molar-refractivity contribution in [1.82, 2.24) is 20.2 Å². The van der Waals surface area contributed by atoms with Gasteiger partial charge in [0, 0.05) is 23.6 Å². The molecular formula is C19H14FN5. The second kappa shape index (κ2) is 6.52. The molecule has 0 radical (unpaired) electrons. The lowest BCUT2D eigenvalue weighted by atomic mass is 10.1. The van der Waals surface area contributed by atoms with Gasteiger partial charge in [0.1, 0.15) is 11.6 Å². The summed E-state index contributed by atoms with van der Waals surface area (Å²) in [5.74, 6) is 0.392. The molecule has 0 amide bonds. The Morgan fingerprint density at radius 1 is 0.920 bits per heavy atom. The number of benzene rings is 1. The highest BCUT2D eigenvalue weighted by Gasteiger charge is 2.11. The number of nitrogens with one attached hydrogen (secondary N) is 2. The summed E-state index contributed by atoms with van der Waals surface area (Å²) in [7, 11) is 0. The van der Waals surface area contributed by atoms with E-state index in [-0.39, 0.29) is 5.82 Å². The zero-order valence-electron chi connectivity index (χ0n) is 13.1. The van der Waals surface area contributed by atoms with Gasteiger partial charge in [0.05, 0.1) is 17.6 Å². The van der Waals surface area contributed by atoms with E-state index in [4.69, 9.17) is 0 Å². The number of aromatic nitrogens is 4. The molecule has 5 nitrogen and oxygen atoms in total. The van der Waals surface area contributed by atoms with Crippen molar-refractivity contribution >= 4 is 11.5 Å². The van der Waals surface area contributed by atoms with Crippen molar-refractivity contribution in [1.29, 1.82) is 0 Å². The Hall–Kier alpha value is -3.54. The van der Waals surface area contributed by atoms with Crippen LogP contribution < -0.4 is 5.32 Å². The topological polar surface area (TPSA) is 66.5 Å². The molecule has 122 valence electrons. The van der Waals surface area contributed by atoms with Gasteiger partial charge in [-0.1, -0.05) is 6.07 Å². The molecule has 3 aromatic heterocycles. The van der Waals surface area contributed by atoms with Crippen LogP contribution in [-0.4, -0.2) is 20.2 Å². The Morgan fingerprint density at radius 3 is 2.60 bits per heavy atom. The first-order chi connectivity index (χ1) is 12.3. The molecule has 25 heavy (non-hydrogen) atoms. The number of halogens is 1. The van der Waals surface area contributed by atoms with E-state index in [0.29, 0.717) is 5.82 Å². The van der Waals surface area contributed by atoms with Crippen molar-refractivity contribution in [2.45, 2.75) is 0 Å². The lowest BCUT2D eigenvalue weighted by Gasteiger charge is -2.08. The van der Waals surface area contributed by atoms with Crippen molar-refractivity contribution in [3.63, 3.8) is 0 Å². The summed E-state index contributed by atoms with van der Waals surface area (Å²) in [4.78, 5) is 8.69. The molecule has 0 unspecified atom stereocenters. The zero-order valence-corrected chi connectivity index (χ0v) is 13.1. The summed E-state index contributed by atoms with van der Waals surface area (Å²) >= 11 is 0. The molecule has 0 aliphatic rings. The zero-order chi connectivity index (χ0) is 17.1. The number of H-pyrrole nitrogens is 1. The van der Waals surface area contributed by atoms with Gasteiger partial charge in [0.2, 0.25) is 0 Å². The molecule has 0 spiro atoms. The van der Waals surface area contributed by atoms with Crippen LogP contribution >= 0.6 is 0 Å². The van der Waals surface area contributed by atoms with Crippen LogP contribution in [-0.2, 0) is 0 Å². The summed E-state index contributed by atoms with van der Waals surface area (Å²) in [6.07, 6.45) is 5.23. The standard InChI is InChI=1S/C19H14FN5/c20-14-4-6-15(7-5-14)24-18-11-13(8-10-22-18)16-12-23-25-19(16)17-3-1-2-9-21-17/h1-12H,(H,22,24)(H,23,25). The van der Waals surface area contributed by atoms with Crippen LogP contribution in [0.3, 0.4) is 0 Å². The van der Waals surface area contributed by atoms with E-state index in [1.54, 1.807) is 30.7 Å². The largest absolute Gasteiger partial charge is 0.340 e. The van der Waals surface area contributed by atoms with E-state index in [2.05, 4.69) is 25.5 Å². The maximum atomic E-state index is 13.0. The molecule has 0 atom stereocenters. The number of rotatable bonds is 4. The molecule has 2 N–H and O–H groups in total. The molecule has 0 saturated heterocycles. The van der Waals surface area contributed by atoms with Gasteiger partial charge in [-0.2, -0.15) is 5.10 Å². The van der Waals surface area contributed by atoms with Crippen molar-refractivity contribution in [2.24, 2.45) is 0 Å². The third-order valence-corrected chi connectivity index (χ3v) is 3.75. The Bertz CT molecular complexity index is 980. The quantitative estimate of drug-likeness (QED) is 0.581. The number of hydrogen-bond donors (Lipinski definition) is 2. The van der Waals surface area contributed by atoms with Crippen LogP contribution in [0.2, 0.25) is 0 Å². The highest BCUT2D eigenvalue weighted by atomic mass is 19.1. The minimum Gasteiger partial charge on any atom is -0.340 e. The second-order valence-electron chi connectivity index (χ2n) is 5.44. The average molecular weight is 331 g/mol. The second-order valence-corrected chi connectivity index (χ2v) is 5.44. The van der Waals surface area contributed by atoms with Crippen LogP contribution in [0.4, 0.5) is 15.9 Å². The number of nitrogens with zero attached hydrogens (tertiary/aromatic N) is 3. The average Bonchev–Trinajstić information content (AvgIpc) is 3.15. The van der Waals surface area contributed by atoms with Crippen LogP contribution in [0.5, 0.6) is 0 Å². The van der Waals surface area contributed by atoms with E-state index < -0.39 is 0 Å². The first-order valence-electron chi connectivity index (χ1n) is 7.73. The summed E-state index contributed by atoms with van der Waals surface area (Å²) in [6, 6.07) is 15.7. The maximum Gasteiger partial charge on any atom is 0.130 e. The van der Waals surface area contributed by atoms with Gasteiger partial charge in [-0.3, -0.25) is 10.1 Å². The lowest BCUT2D eigenvalue weighted by Crippen LogP contribution is -1.94. The molecular weight excluding hydrogens is 317 g/mol. The first-order valence-corrected chi connectivity index (χ1v) is 7.73. The first kappa shape index (κ1) is 15.0. The molecule has 0 aliphatic heterocycles. The molecule has 0 saturated carbocycles. The van der Waals surface area contributed by atoms with E-state index in [9.17, 15) is 4.39 Å². The van der Waals surface area contributed by atoms with Crippen LogP contribution in [0.1, 0.15) is 0 Å². The van der Waals surface area contributed by atoms with Gasteiger partial charge in [-0.25, -0.2) is 9.37 Å². The van der Waals surface area contributed by atoms with Gasteiger partial charge in [-0.05, 0) is 54.1 Å². The van der Waals surface area contributed by atoms with Crippen molar-refractivity contribution < 1.29 is 4.39 Å². The normalized spacial score (nSPS) is 10.6. The lowest BCUT2D eigenvalue weighted by molar-refractivity contribution is 0.628. The molecule has 1 aromatic carbocycles. The summed E-state index contributed by atoms with van der Waals surface area (Å²) in [5.41, 5.74) is 4.32. The van der Waals surface area contributed by atoms with Crippen molar-refractivity contribution in [3.8, 4) is 22.5 Å². The van der Waals surface area contributed by atoms with Crippen LogP contribution in [0.15, 0.2) is 73.2 Å². The number of aromatic amines is 1. The predicted molar refractivity (Wildman–Crippen MR) is 94.7 cm³/mol. The van der Waals surface area contributed by atoms with Crippen molar-refractivity contribution in [2.75, 3.05) is 5.32 Å². The predicted octanol–water partition coefficient (Wildman–Crippen LogP) is 4.42. The van der Waals surface area contributed by atoms with E-state index in [1.807, 2.05) is 30.3 Å². The Balaban J connectivity index is 1.67. The minimum absolute atomic E-state index is 0.273. The van der Waals surface area contributed by atoms with Crippen LogP contribution in [0.25, 0.3) is 22.5 Å². The molecule has 6 heteroatoms. The Morgan fingerprint density at radius 2 is 1.80 bits per heavy atom. The van der Waals surface area contributed by atoms with E-state index in [1.165, 1.54) is 12.1 Å². The molecule has 4 aromatic rings. The molecule has 3 heterocycles. The smallest absolute Gasteiger partial charge is 0.130 e. The number of hydrogen-bond acceptors (Lipinski definition) is 4. The van der Waals surface area contributed by atoms with Gasteiger partial charge in [0.15, 0.2) is 0 Å². The Kier molecular flexibility index (Phi) is 3.92. The molecule has 0 fully saturated rings. The number of pyridine rings is 2. The van der Waals surface area contributed by atoms with Gasteiger partial charge in [0.25, 0.3) is 0 Å². The fraction of sp³-hybridized carbons (Fsp3) is 0. The molecule has 0 aliphatic carbocycles. The maximum absolute atomic E-state index is 13.0. The molecule has 0 bridgehead atoms.